The van der Waals surface area contributed by atoms with E-state index in [0.717, 1.165) is 36.2 Å². The van der Waals surface area contributed by atoms with E-state index in [1.54, 1.807) is 0 Å². The summed E-state index contributed by atoms with van der Waals surface area (Å²) < 4.78 is 2.02. The van der Waals surface area contributed by atoms with Crippen LogP contribution in [-0.4, -0.2) is 38.8 Å². The average molecular weight is 260 g/mol. The highest BCUT2D eigenvalue weighted by Crippen LogP contribution is 2.29. The monoisotopic (exact) mass is 260 g/mol. The Kier molecular flexibility index (Phi) is 3.38. The van der Waals surface area contributed by atoms with Crippen molar-refractivity contribution in [2.45, 2.75) is 31.7 Å². The van der Waals surface area contributed by atoms with Crippen LogP contribution in [0.2, 0.25) is 0 Å². The lowest BCUT2D eigenvalue weighted by atomic mass is 9.99. The summed E-state index contributed by atoms with van der Waals surface area (Å²) in [6, 6.07) is 2.38. The van der Waals surface area contributed by atoms with Crippen LogP contribution in [0.15, 0.2) is 18.6 Å². The topological polar surface area (TPSA) is 54.2 Å². The number of anilines is 1. The molecule has 1 aliphatic rings. The van der Waals surface area contributed by atoms with Crippen molar-refractivity contribution in [3.8, 4) is 0 Å². The normalized spacial score (nSPS) is 20.1. The van der Waals surface area contributed by atoms with Gasteiger partial charge in [-0.05, 0) is 31.7 Å². The van der Waals surface area contributed by atoms with E-state index in [9.17, 15) is 5.11 Å². The fourth-order valence-electron chi connectivity index (χ4n) is 2.99. The van der Waals surface area contributed by atoms with E-state index in [4.69, 9.17) is 0 Å². The van der Waals surface area contributed by atoms with Crippen LogP contribution in [-0.2, 0) is 7.05 Å². The molecule has 1 aliphatic heterocycles. The largest absolute Gasteiger partial charge is 0.396 e. The Balaban J connectivity index is 2.01. The number of aliphatic hydroxyl groups excluding tert-OH is 1. The second-order valence-corrected chi connectivity index (χ2v) is 5.21. The summed E-state index contributed by atoms with van der Waals surface area (Å²) in [7, 11) is 2.00. The third-order valence-electron chi connectivity index (χ3n) is 3.99. The predicted octanol–water partition coefficient (Wildman–Crippen LogP) is 1.71. The van der Waals surface area contributed by atoms with E-state index in [1.165, 1.54) is 12.8 Å². The minimum atomic E-state index is 0.235. The molecule has 0 aliphatic carbocycles. The molecule has 0 radical (unpaired) electrons. The third-order valence-corrected chi connectivity index (χ3v) is 3.99. The van der Waals surface area contributed by atoms with Gasteiger partial charge in [0.25, 0.3) is 0 Å². The molecule has 2 aromatic rings. The lowest BCUT2D eigenvalue weighted by Gasteiger charge is -2.36. The van der Waals surface area contributed by atoms with Crippen LogP contribution in [0.1, 0.15) is 25.7 Å². The lowest BCUT2D eigenvalue weighted by molar-refractivity contribution is 0.262. The first-order valence-corrected chi connectivity index (χ1v) is 6.95. The first-order chi connectivity index (χ1) is 9.31. The second-order valence-electron chi connectivity index (χ2n) is 5.21. The Labute approximate surface area is 112 Å². The van der Waals surface area contributed by atoms with E-state index in [1.807, 2.05) is 30.2 Å². The molecule has 2 aromatic heterocycles. The molecule has 5 nitrogen and oxygen atoms in total. The zero-order chi connectivity index (χ0) is 13.2. The molecule has 3 heterocycles. The molecule has 5 heteroatoms. The van der Waals surface area contributed by atoms with Gasteiger partial charge >= 0.3 is 0 Å². The molecule has 0 bridgehead atoms. The Bertz CT molecular complexity index is 564. The summed E-state index contributed by atoms with van der Waals surface area (Å²) in [6.07, 6.45) is 8.05. The summed E-state index contributed by atoms with van der Waals surface area (Å²) in [5.41, 5.74) is 2.08. The Morgan fingerprint density at radius 3 is 3.11 bits per heavy atom. The number of piperidine rings is 1. The van der Waals surface area contributed by atoms with Crippen molar-refractivity contribution in [3.63, 3.8) is 0 Å². The van der Waals surface area contributed by atoms with E-state index < -0.39 is 0 Å². The predicted molar refractivity (Wildman–Crippen MR) is 75.2 cm³/mol. The zero-order valence-electron chi connectivity index (χ0n) is 11.3. The zero-order valence-corrected chi connectivity index (χ0v) is 11.3. The molecule has 0 amide bonds. The van der Waals surface area contributed by atoms with Crippen LogP contribution in [0.4, 0.5) is 5.82 Å². The number of imidazole rings is 1. The van der Waals surface area contributed by atoms with Crippen molar-refractivity contribution >= 4 is 16.9 Å². The molecule has 1 fully saturated rings. The number of nitrogens with zero attached hydrogens (tertiary/aromatic N) is 4. The minimum Gasteiger partial charge on any atom is -0.396 e. The summed E-state index contributed by atoms with van der Waals surface area (Å²) in [4.78, 5) is 11.4. The standard InChI is InChI=1S/C14H20N4O/c1-17-10-16-13-12(17)5-7-15-14(13)18-8-3-2-4-11(18)6-9-19/h5,7,10-11,19H,2-4,6,8-9H2,1H3. The van der Waals surface area contributed by atoms with E-state index >= 15 is 0 Å². The number of hydrogen-bond acceptors (Lipinski definition) is 4. The number of aromatic nitrogens is 3. The highest BCUT2D eigenvalue weighted by molar-refractivity contribution is 5.86. The third kappa shape index (κ3) is 2.18. The van der Waals surface area contributed by atoms with Gasteiger partial charge in [-0.25, -0.2) is 9.97 Å². The maximum atomic E-state index is 9.23. The average Bonchev–Trinajstić information content (AvgIpc) is 2.82. The van der Waals surface area contributed by atoms with Gasteiger partial charge in [0.1, 0.15) is 5.52 Å². The van der Waals surface area contributed by atoms with Crippen molar-refractivity contribution in [3.05, 3.63) is 18.6 Å². The molecule has 1 N–H and O–H groups in total. The molecule has 0 aromatic carbocycles. The molecule has 1 saturated heterocycles. The van der Waals surface area contributed by atoms with Crippen LogP contribution in [0.25, 0.3) is 11.0 Å². The molecule has 1 unspecified atom stereocenters. The second kappa shape index (κ2) is 5.17. The maximum absolute atomic E-state index is 9.23. The summed E-state index contributed by atoms with van der Waals surface area (Å²) in [5.74, 6) is 0.969. The Morgan fingerprint density at radius 2 is 2.26 bits per heavy atom. The van der Waals surface area contributed by atoms with Crippen LogP contribution in [0.5, 0.6) is 0 Å². The fourth-order valence-corrected chi connectivity index (χ4v) is 2.99. The maximum Gasteiger partial charge on any atom is 0.156 e. The van der Waals surface area contributed by atoms with Crippen molar-refractivity contribution in [1.29, 1.82) is 0 Å². The minimum absolute atomic E-state index is 0.235. The van der Waals surface area contributed by atoms with Gasteiger partial charge in [-0.2, -0.15) is 0 Å². The molecule has 102 valence electrons. The van der Waals surface area contributed by atoms with E-state index in [2.05, 4.69) is 14.9 Å². The highest BCUT2D eigenvalue weighted by atomic mass is 16.3. The van der Waals surface area contributed by atoms with Gasteiger partial charge in [0.05, 0.1) is 11.8 Å². The number of pyridine rings is 1. The molecule has 0 spiro atoms. The van der Waals surface area contributed by atoms with Crippen LogP contribution >= 0.6 is 0 Å². The van der Waals surface area contributed by atoms with Crippen molar-refractivity contribution < 1.29 is 5.11 Å². The quantitative estimate of drug-likeness (QED) is 0.913. The van der Waals surface area contributed by atoms with Crippen molar-refractivity contribution in [2.24, 2.45) is 7.05 Å². The molecule has 3 rings (SSSR count). The number of aliphatic hydroxyl groups is 1. The Hall–Kier alpha value is -1.62. The Morgan fingerprint density at radius 1 is 1.37 bits per heavy atom. The van der Waals surface area contributed by atoms with Gasteiger partial charge in [0, 0.05) is 32.4 Å². The fraction of sp³-hybridized carbons (Fsp3) is 0.571. The first-order valence-electron chi connectivity index (χ1n) is 6.95. The summed E-state index contributed by atoms with van der Waals surface area (Å²) in [5, 5.41) is 9.23. The number of hydrogen-bond donors (Lipinski definition) is 1. The molecule has 1 atom stereocenters. The summed E-state index contributed by atoms with van der Waals surface area (Å²) >= 11 is 0. The smallest absolute Gasteiger partial charge is 0.156 e. The number of rotatable bonds is 3. The molecule has 0 saturated carbocycles. The first kappa shape index (κ1) is 12.4. The van der Waals surface area contributed by atoms with Crippen LogP contribution < -0.4 is 4.90 Å². The molecule has 19 heavy (non-hydrogen) atoms. The van der Waals surface area contributed by atoms with Gasteiger partial charge in [-0.1, -0.05) is 0 Å². The van der Waals surface area contributed by atoms with E-state index in [-0.39, 0.29) is 6.61 Å². The summed E-state index contributed by atoms with van der Waals surface area (Å²) in [6.45, 7) is 1.24. The van der Waals surface area contributed by atoms with Gasteiger partial charge in [-0.15, -0.1) is 0 Å². The van der Waals surface area contributed by atoms with Crippen molar-refractivity contribution in [1.82, 2.24) is 14.5 Å². The SMILES string of the molecule is Cn1cnc2c(N3CCCCC3CCO)nccc21. The van der Waals surface area contributed by atoms with Gasteiger partial charge < -0.3 is 14.6 Å². The lowest BCUT2D eigenvalue weighted by Crippen LogP contribution is -2.40. The number of fused-ring (bicyclic) bond motifs is 1. The van der Waals surface area contributed by atoms with Crippen LogP contribution in [0.3, 0.4) is 0 Å². The van der Waals surface area contributed by atoms with Gasteiger partial charge in [-0.3, -0.25) is 0 Å². The molecular weight excluding hydrogens is 240 g/mol. The highest BCUT2D eigenvalue weighted by Gasteiger charge is 2.25. The van der Waals surface area contributed by atoms with Gasteiger partial charge in [0.2, 0.25) is 0 Å². The van der Waals surface area contributed by atoms with Gasteiger partial charge in [0.15, 0.2) is 5.82 Å². The molecular formula is C14H20N4O. The van der Waals surface area contributed by atoms with E-state index in [0.29, 0.717) is 6.04 Å². The number of aryl methyl sites for hydroxylation is 1. The van der Waals surface area contributed by atoms with Crippen molar-refractivity contribution in [2.75, 3.05) is 18.1 Å². The van der Waals surface area contributed by atoms with Crippen LogP contribution in [0, 0.1) is 0 Å².